The van der Waals surface area contributed by atoms with Crippen LogP contribution in [0.5, 0.6) is 5.75 Å². The first kappa shape index (κ1) is 20.7. The van der Waals surface area contributed by atoms with Crippen molar-refractivity contribution in [1.29, 1.82) is 0 Å². The highest BCUT2D eigenvalue weighted by atomic mass is 35.5. The molecule has 0 aliphatic carbocycles. The summed E-state index contributed by atoms with van der Waals surface area (Å²) in [6, 6.07) is 12.4. The van der Waals surface area contributed by atoms with Crippen molar-refractivity contribution in [2.24, 2.45) is 5.73 Å². The predicted molar refractivity (Wildman–Crippen MR) is 127 cm³/mol. The Hall–Kier alpha value is -2.56. The lowest BCUT2D eigenvalue weighted by Gasteiger charge is -2.13. The van der Waals surface area contributed by atoms with Crippen molar-refractivity contribution in [3.05, 3.63) is 58.2 Å². The second-order valence-corrected chi connectivity index (χ2v) is 8.14. The molecule has 0 aliphatic heterocycles. The van der Waals surface area contributed by atoms with Gasteiger partial charge in [0.1, 0.15) is 11.3 Å². The SMILES string of the molecule is CCOc1ccc(-c2[nH]c3c(C)ccc(Cl)c3c2CCCCN)c2ccc(C)nc12. The maximum atomic E-state index is 6.68. The summed E-state index contributed by atoms with van der Waals surface area (Å²) in [6.45, 7) is 7.42. The van der Waals surface area contributed by atoms with Gasteiger partial charge in [-0.3, -0.25) is 0 Å². The van der Waals surface area contributed by atoms with Crippen molar-refractivity contribution in [3.8, 4) is 17.0 Å². The molecule has 2 aromatic carbocycles. The second kappa shape index (κ2) is 8.66. The van der Waals surface area contributed by atoms with E-state index >= 15 is 0 Å². The van der Waals surface area contributed by atoms with Gasteiger partial charge < -0.3 is 15.5 Å². The summed E-state index contributed by atoms with van der Waals surface area (Å²) in [5.41, 5.74) is 13.4. The number of halogens is 1. The van der Waals surface area contributed by atoms with Crippen LogP contribution in [0.4, 0.5) is 0 Å². The molecular formula is C25H28ClN3O. The van der Waals surface area contributed by atoms with Crippen LogP contribution in [0, 0.1) is 13.8 Å². The standard InChI is InChI=1S/C25H28ClN3O/c1-4-30-21-13-11-17(18-10-9-16(3)28-25(18)21)24-19(7-5-6-14-27)22-20(26)12-8-15(2)23(22)29-24/h8-13,29H,4-7,14,27H2,1-3H3. The van der Waals surface area contributed by atoms with Gasteiger partial charge in [-0.25, -0.2) is 4.98 Å². The largest absolute Gasteiger partial charge is 0.492 e. The van der Waals surface area contributed by atoms with Crippen molar-refractivity contribution in [2.75, 3.05) is 13.2 Å². The summed E-state index contributed by atoms with van der Waals surface area (Å²) in [5, 5.41) is 2.97. The number of pyridine rings is 1. The fourth-order valence-electron chi connectivity index (χ4n) is 4.17. The molecule has 0 radical (unpaired) electrons. The summed E-state index contributed by atoms with van der Waals surface area (Å²) in [6.07, 6.45) is 2.93. The van der Waals surface area contributed by atoms with Crippen LogP contribution in [-0.2, 0) is 6.42 Å². The van der Waals surface area contributed by atoms with Crippen LogP contribution in [0.2, 0.25) is 5.02 Å². The number of benzene rings is 2. The number of nitrogens with two attached hydrogens (primary N) is 1. The van der Waals surface area contributed by atoms with E-state index in [2.05, 4.69) is 36.2 Å². The third-order valence-corrected chi connectivity index (χ3v) is 5.94. The van der Waals surface area contributed by atoms with Gasteiger partial charge in [-0.2, -0.15) is 0 Å². The van der Waals surface area contributed by atoms with Crippen LogP contribution < -0.4 is 10.5 Å². The Labute approximate surface area is 182 Å². The Kier molecular flexibility index (Phi) is 5.98. The molecule has 5 heteroatoms. The average molecular weight is 422 g/mol. The maximum Gasteiger partial charge on any atom is 0.145 e. The molecule has 0 spiro atoms. The normalized spacial score (nSPS) is 11.5. The highest BCUT2D eigenvalue weighted by Gasteiger charge is 2.19. The van der Waals surface area contributed by atoms with Gasteiger partial charge in [-0.05, 0) is 82.0 Å². The van der Waals surface area contributed by atoms with Crippen molar-refractivity contribution < 1.29 is 4.74 Å². The number of ether oxygens (including phenoxy) is 1. The van der Waals surface area contributed by atoms with Crippen molar-refractivity contribution in [3.63, 3.8) is 0 Å². The molecule has 0 amide bonds. The highest BCUT2D eigenvalue weighted by molar-refractivity contribution is 6.36. The third kappa shape index (κ3) is 3.66. The molecule has 3 N–H and O–H groups in total. The second-order valence-electron chi connectivity index (χ2n) is 7.73. The summed E-state index contributed by atoms with van der Waals surface area (Å²) in [5.74, 6) is 0.815. The van der Waals surface area contributed by atoms with Gasteiger partial charge in [0.05, 0.1) is 22.8 Å². The number of nitrogens with zero attached hydrogens (tertiary/aromatic N) is 1. The van der Waals surface area contributed by atoms with Crippen LogP contribution in [0.25, 0.3) is 33.1 Å². The lowest BCUT2D eigenvalue weighted by molar-refractivity contribution is 0.343. The van der Waals surface area contributed by atoms with E-state index in [4.69, 9.17) is 27.1 Å². The lowest BCUT2D eigenvalue weighted by atomic mass is 9.97. The van der Waals surface area contributed by atoms with Crippen LogP contribution in [0.3, 0.4) is 0 Å². The maximum absolute atomic E-state index is 6.68. The Morgan fingerprint density at radius 1 is 1.07 bits per heavy atom. The van der Waals surface area contributed by atoms with Crippen LogP contribution >= 0.6 is 11.6 Å². The van der Waals surface area contributed by atoms with Gasteiger partial charge in [0.2, 0.25) is 0 Å². The van der Waals surface area contributed by atoms with Gasteiger partial charge >= 0.3 is 0 Å². The third-order valence-electron chi connectivity index (χ3n) is 5.63. The Balaban J connectivity index is 2.00. The van der Waals surface area contributed by atoms with Crippen molar-refractivity contribution in [2.45, 2.75) is 40.0 Å². The topological polar surface area (TPSA) is 63.9 Å². The molecule has 0 saturated carbocycles. The van der Waals surface area contributed by atoms with E-state index in [1.165, 1.54) is 11.1 Å². The molecule has 2 heterocycles. The highest BCUT2D eigenvalue weighted by Crippen LogP contribution is 2.40. The molecule has 0 fully saturated rings. The Morgan fingerprint density at radius 2 is 1.90 bits per heavy atom. The number of rotatable bonds is 7. The minimum atomic E-state index is 0.607. The van der Waals surface area contributed by atoms with Crippen molar-refractivity contribution >= 4 is 33.4 Å². The number of hydrogen-bond donors (Lipinski definition) is 2. The number of H-pyrrole nitrogens is 1. The monoisotopic (exact) mass is 421 g/mol. The number of fused-ring (bicyclic) bond motifs is 2. The number of nitrogens with one attached hydrogen (secondary N) is 1. The van der Waals surface area contributed by atoms with Crippen molar-refractivity contribution in [1.82, 2.24) is 9.97 Å². The van der Waals surface area contributed by atoms with E-state index in [-0.39, 0.29) is 0 Å². The van der Waals surface area contributed by atoms with E-state index in [1.807, 2.05) is 26.0 Å². The van der Waals surface area contributed by atoms with Crippen LogP contribution in [0.15, 0.2) is 36.4 Å². The first-order valence-corrected chi connectivity index (χ1v) is 11.0. The molecule has 0 unspecified atom stereocenters. The predicted octanol–water partition coefficient (Wildman–Crippen LogP) is 6.33. The van der Waals surface area contributed by atoms with Gasteiger partial charge in [0.15, 0.2) is 0 Å². The molecule has 0 atom stereocenters. The smallest absolute Gasteiger partial charge is 0.145 e. The van der Waals surface area contributed by atoms with E-state index in [0.29, 0.717) is 13.2 Å². The van der Waals surface area contributed by atoms with E-state index in [0.717, 1.165) is 68.8 Å². The van der Waals surface area contributed by atoms with Gasteiger partial charge in [-0.15, -0.1) is 0 Å². The molecular weight excluding hydrogens is 394 g/mol. The quantitative estimate of drug-likeness (QED) is 0.342. The summed E-state index contributed by atoms with van der Waals surface area (Å²) in [4.78, 5) is 8.48. The molecule has 4 rings (SSSR count). The number of aromatic nitrogens is 2. The molecule has 0 bridgehead atoms. The number of aromatic amines is 1. The Bertz CT molecular complexity index is 1210. The minimum Gasteiger partial charge on any atom is -0.492 e. The van der Waals surface area contributed by atoms with E-state index < -0.39 is 0 Å². The van der Waals surface area contributed by atoms with Crippen LogP contribution in [-0.4, -0.2) is 23.1 Å². The Morgan fingerprint density at radius 3 is 2.67 bits per heavy atom. The zero-order valence-corrected chi connectivity index (χ0v) is 18.6. The zero-order chi connectivity index (χ0) is 21.3. The molecule has 0 saturated heterocycles. The molecule has 4 aromatic rings. The number of hydrogen-bond acceptors (Lipinski definition) is 3. The summed E-state index contributed by atoms with van der Waals surface area (Å²) < 4.78 is 5.86. The molecule has 4 nitrogen and oxygen atoms in total. The summed E-state index contributed by atoms with van der Waals surface area (Å²) in [7, 11) is 0. The lowest BCUT2D eigenvalue weighted by Crippen LogP contribution is -2.00. The van der Waals surface area contributed by atoms with E-state index in [9.17, 15) is 0 Å². The fourth-order valence-corrected chi connectivity index (χ4v) is 4.44. The van der Waals surface area contributed by atoms with Gasteiger partial charge in [-0.1, -0.05) is 23.7 Å². The first-order chi connectivity index (χ1) is 14.5. The zero-order valence-electron chi connectivity index (χ0n) is 17.8. The number of aryl methyl sites for hydroxylation is 3. The molecule has 30 heavy (non-hydrogen) atoms. The van der Waals surface area contributed by atoms with Crippen LogP contribution in [0.1, 0.15) is 36.6 Å². The first-order valence-electron chi connectivity index (χ1n) is 10.6. The number of unbranched alkanes of at least 4 members (excludes halogenated alkanes) is 1. The molecule has 2 aromatic heterocycles. The fraction of sp³-hybridized carbons (Fsp3) is 0.320. The van der Waals surface area contributed by atoms with E-state index in [1.54, 1.807) is 0 Å². The molecule has 156 valence electrons. The van der Waals surface area contributed by atoms with Gasteiger partial charge in [0, 0.05) is 22.0 Å². The minimum absolute atomic E-state index is 0.607. The van der Waals surface area contributed by atoms with Gasteiger partial charge in [0.25, 0.3) is 0 Å². The average Bonchev–Trinajstić information content (AvgIpc) is 3.12. The molecule has 0 aliphatic rings. The summed E-state index contributed by atoms with van der Waals surface area (Å²) >= 11 is 6.68.